The standard InChI is InChI=1S/C70H38F28O18S8/c71-61(72,73)39-27-40(62(74,75)76)32-57(31-39)119(99,100)111-47-11-19-53(20-12-47)117(51-7-3-1-4-8-51,54-21-13-48(14-22-54)112-120(101,102)58-33-41(63(77,78)79)28-42(34-58)64(80,81)82)115-123(107,108)69(95,96)70(97,98)124(109,110)116-118(52-9-5-2-6-10-52,55-23-15-49(16-24-55)113-121(103,104)59-35-43(65(83,84)85)29-44(36-59)66(86,87)88)56-25-17-50(18-26-56)114-122(105,106)60-37-45(67(89,90)91)30-46(38-60)68(92,93)94/h1-38H. The van der Waals surface area contributed by atoms with Gasteiger partial charge in [-0.05, 0) is 215 Å². The third-order valence-electron chi connectivity index (χ3n) is 16.3. The number of rotatable bonds is 25. The van der Waals surface area contributed by atoms with Gasteiger partial charge in [0.1, 0.15) is 42.6 Å². The first-order chi connectivity index (χ1) is 56.4. The van der Waals surface area contributed by atoms with Crippen LogP contribution in [-0.2, 0) is 117 Å². The van der Waals surface area contributed by atoms with E-state index < -0.39 is 282 Å². The summed E-state index contributed by atoms with van der Waals surface area (Å²) in [6, 6.07) is 7.48. The summed E-state index contributed by atoms with van der Waals surface area (Å²) < 4.78 is 604. The van der Waals surface area contributed by atoms with Crippen LogP contribution in [0.5, 0.6) is 23.0 Å². The van der Waals surface area contributed by atoms with Crippen molar-refractivity contribution >= 4 is 81.3 Å². The quantitative estimate of drug-likeness (QED) is 0.0380. The largest absolute Gasteiger partial charge is 0.450 e. The molecular weight excluding hydrogens is 1920 g/mol. The maximum absolute atomic E-state index is 17.9. The molecule has 0 N–H and O–H groups in total. The topological polar surface area (TPSA) is 260 Å². The maximum Gasteiger partial charge on any atom is 0.450 e. The van der Waals surface area contributed by atoms with E-state index in [4.69, 9.17) is 24.0 Å². The predicted octanol–water partition coefficient (Wildman–Crippen LogP) is 21.9. The van der Waals surface area contributed by atoms with Crippen LogP contribution in [0.3, 0.4) is 0 Å². The van der Waals surface area contributed by atoms with Crippen LogP contribution >= 0.6 is 20.6 Å². The SMILES string of the molecule is O=S(=O)(Oc1ccc(S(OS(=O)(=O)C(F)(F)C(F)(F)S(=O)(=O)OS(c2ccccc2)(c2ccc(OS(=O)(=O)c3cc(C(F)(F)F)cc(C(F)(F)F)c3)cc2)c2ccc(OS(=O)(=O)c3cc(C(F)(F)F)cc(C(F)(F)F)c3)cc2)(c2ccccc2)c2ccc(OS(=O)(=O)c3cc(C(F)(F)F)cc(C(F)(F)F)c3)cc2)cc1)c1cc(C(F)(F)F)cc(C(F)(F)F)c1. The van der Waals surface area contributed by atoms with Crippen molar-refractivity contribution in [1.82, 2.24) is 0 Å². The fourth-order valence-electron chi connectivity index (χ4n) is 10.7. The molecule has 10 rings (SSSR count). The van der Waals surface area contributed by atoms with Crippen molar-refractivity contribution in [2.45, 2.75) is 109 Å². The van der Waals surface area contributed by atoms with Gasteiger partial charge in [0.2, 0.25) is 0 Å². The van der Waals surface area contributed by atoms with E-state index in [0.717, 1.165) is 36.4 Å². The minimum atomic E-state index is -8.22. The zero-order valence-electron chi connectivity index (χ0n) is 59.1. The number of benzene rings is 10. The highest BCUT2D eigenvalue weighted by Crippen LogP contribution is 2.74. The summed E-state index contributed by atoms with van der Waals surface area (Å²) >= 11 is 0. The van der Waals surface area contributed by atoms with E-state index in [2.05, 4.69) is 0 Å². The first-order valence-electron chi connectivity index (χ1n) is 32.2. The second-order valence-corrected chi connectivity index (χ2v) is 40.0. The summed E-state index contributed by atoms with van der Waals surface area (Å²) in [5.41, 5.74) is -18.1. The van der Waals surface area contributed by atoms with Gasteiger partial charge in [-0.15, -0.1) is 0 Å². The van der Waals surface area contributed by atoms with Crippen molar-refractivity contribution in [1.29, 1.82) is 0 Å². The Balaban J connectivity index is 1.14. The Hall–Kier alpha value is -10.2. The van der Waals surface area contributed by atoms with Crippen molar-refractivity contribution in [3.8, 4) is 23.0 Å². The third kappa shape index (κ3) is 20.2. The molecule has 0 aliphatic rings. The van der Waals surface area contributed by atoms with Crippen molar-refractivity contribution in [3.63, 3.8) is 0 Å². The summed E-state index contributed by atoms with van der Waals surface area (Å²) in [4.78, 5) is -14.2. The van der Waals surface area contributed by atoms with E-state index in [1.165, 1.54) is 0 Å². The number of halogens is 28. The highest BCUT2D eigenvalue weighted by atomic mass is 32.3. The zero-order chi connectivity index (χ0) is 92.8. The minimum absolute atomic E-state index is 0.263. The summed E-state index contributed by atoms with van der Waals surface area (Å²) in [7, 11) is -51.3. The summed E-state index contributed by atoms with van der Waals surface area (Å²) in [5.74, 6) is -5.12. The van der Waals surface area contributed by atoms with Gasteiger partial charge < -0.3 is 16.7 Å². The van der Waals surface area contributed by atoms with E-state index in [1.54, 1.807) is 0 Å². The predicted molar refractivity (Wildman–Crippen MR) is 370 cm³/mol. The van der Waals surface area contributed by atoms with Crippen LogP contribution in [0.1, 0.15) is 44.5 Å². The van der Waals surface area contributed by atoms with Crippen LogP contribution in [0.15, 0.2) is 279 Å². The molecule has 0 heterocycles. The number of hydrogen-bond acceptors (Lipinski definition) is 18. The molecule has 0 spiro atoms. The average Bonchev–Trinajstić information content (AvgIpc) is 0.706. The van der Waals surface area contributed by atoms with E-state index in [-0.39, 0.29) is 97.1 Å². The third-order valence-corrected chi connectivity index (χ3v) is 31.8. The Morgan fingerprint density at radius 1 is 0.177 bits per heavy atom. The Labute approximate surface area is 681 Å². The van der Waals surface area contributed by atoms with Gasteiger partial charge in [-0.2, -0.15) is 173 Å². The molecule has 10 aromatic rings. The lowest BCUT2D eigenvalue weighted by molar-refractivity contribution is -0.145. The maximum atomic E-state index is 17.9. The highest BCUT2D eigenvalue weighted by Gasteiger charge is 2.77. The lowest BCUT2D eigenvalue weighted by Gasteiger charge is -2.42. The van der Waals surface area contributed by atoms with Gasteiger partial charge in [-0.25, -0.2) is 7.26 Å². The Morgan fingerprint density at radius 2 is 0.323 bits per heavy atom. The summed E-state index contributed by atoms with van der Waals surface area (Å²) in [6.45, 7) is 0. The molecular formula is C70H38F28O18S8. The molecule has 0 bridgehead atoms. The molecule has 0 fully saturated rings. The molecule has 0 unspecified atom stereocenters. The van der Waals surface area contributed by atoms with Crippen LogP contribution in [0.25, 0.3) is 0 Å². The highest BCUT2D eigenvalue weighted by molar-refractivity contribution is 8.34. The molecule has 0 aromatic heterocycles. The zero-order valence-corrected chi connectivity index (χ0v) is 65.7. The molecule has 54 heteroatoms. The minimum Gasteiger partial charge on any atom is -0.379 e. The van der Waals surface area contributed by atoms with Gasteiger partial charge >= 0.3 is 121 Å². The van der Waals surface area contributed by atoms with Crippen molar-refractivity contribution in [2.24, 2.45) is 0 Å². The molecule has 0 aliphatic carbocycles. The van der Waals surface area contributed by atoms with E-state index in [1.807, 2.05) is 0 Å². The first kappa shape index (κ1) is 96.0. The van der Waals surface area contributed by atoms with Gasteiger partial charge in [-0.3, -0.25) is 0 Å². The second kappa shape index (κ2) is 32.6. The van der Waals surface area contributed by atoms with Crippen molar-refractivity contribution in [2.75, 3.05) is 0 Å². The van der Waals surface area contributed by atoms with Gasteiger partial charge in [-0.1, -0.05) is 36.4 Å². The van der Waals surface area contributed by atoms with Crippen LogP contribution in [-0.4, -0.2) is 61.0 Å². The Kier molecular flexibility index (Phi) is 25.3. The van der Waals surface area contributed by atoms with Crippen LogP contribution in [0.4, 0.5) is 123 Å². The summed E-state index contributed by atoms with van der Waals surface area (Å²) in [6.07, 6.45) is -45.9. The van der Waals surface area contributed by atoms with Crippen LogP contribution in [0, 0.1) is 0 Å². The molecule has 124 heavy (non-hydrogen) atoms. The average molecular weight is 1960 g/mol. The van der Waals surface area contributed by atoms with Gasteiger partial charge in [0.05, 0.1) is 44.5 Å². The molecule has 18 nitrogen and oxygen atoms in total. The van der Waals surface area contributed by atoms with Crippen LogP contribution < -0.4 is 16.7 Å². The molecule has 670 valence electrons. The fourth-order valence-corrected chi connectivity index (χ4v) is 25.4. The Morgan fingerprint density at radius 3 is 0.468 bits per heavy atom. The van der Waals surface area contributed by atoms with E-state index in [0.29, 0.717) is 72.8 Å². The lowest BCUT2D eigenvalue weighted by Crippen LogP contribution is -2.53. The first-order valence-corrected chi connectivity index (χ1v) is 43.7. The van der Waals surface area contributed by atoms with Gasteiger partial charge in [0.25, 0.3) is 0 Å². The fraction of sp³-hybridized carbons (Fsp3) is 0.143. The molecule has 0 saturated carbocycles. The molecule has 0 radical (unpaired) electrons. The molecule has 0 atom stereocenters. The molecule has 0 amide bonds. The van der Waals surface area contributed by atoms with E-state index >= 15 is 34.4 Å². The monoisotopic (exact) mass is 1950 g/mol. The van der Waals surface area contributed by atoms with Crippen molar-refractivity contribution in [3.05, 3.63) is 275 Å². The normalized spacial score (nSPS) is 14.2. The second-order valence-electron chi connectivity index (χ2n) is 24.8. The smallest absolute Gasteiger partial charge is 0.379 e. The van der Waals surface area contributed by atoms with Gasteiger partial charge in [0, 0.05) is 29.4 Å². The summed E-state index contributed by atoms with van der Waals surface area (Å²) in [5, 5.41) is -15.1. The number of alkyl halides is 28. The van der Waals surface area contributed by atoms with Crippen LogP contribution in [0.2, 0.25) is 0 Å². The Bertz CT molecular complexity index is 5610. The van der Waals surface area contributed by atoms with Gasteiger partial charge in [0.15, 0.2) is 0 Å². The lowest BCUT2D eigenvalue weighted by atomic mass is 10.1. The molecule has 0 aliphatic heterocycles. The molecule has 10 aromatic carbocycles. The molecule has 0 saturated heterocycles. The number of hydrogen-bond donors (Lipinski definition) is 0. The van der Waals surface area contributed by atoms with E-state index in [9.17, 15) is 139 Å². The van der Waals surface area contributed by atoms with Crippen molar-refractivity contribution < 1.29 is 197 Å².